The molecule has 0 aromatic carbocycles. The van der Waals surface area contributed by atoms with Crippen LogP contribution < -0.4 is 18.6 Å². The third kappa shape index (κ3) is 5.48. The second-order valence-electron chi connectivity index (χ2n) is 8.51. The van der Waals surface area contributed by atoms with Gasteiger partial charge < -0.3 is 0 Å². The van der Waals surface area contributed by atoms with E-state index >= 15 is 0 Å². The van der Waals surface area contributed by atoms with E-state index in [-0.39, 0.29) is 0 Å². The first-order chi connectivity index (χ1) is 15.7. The van der Waals surface area contributed by atoms with E-state index in [1.807, 2.05) is 0 Å². The summed E-state index contributed by atoms with van der Waals surface area (Å²) in [5.74, 6) is 4.83. The zero-order valence-corrected chi connectivity index (χ0v) is 26.2. The minimum atomic E-state index is 0.516. The molecular formula is C24H42N4P2Se2+2. The van der Waals surface area contributed by atoms with Crippen LogP contribution in [0.2, 0.25) is 11.6 Å². The maximum absolute atomic E-state index is 2.75. The average Bonchev–Trinajstić information content (AvgIpc) is 3.27. The minimum absolute atomic E-state index is 0.516. The summed E-state index contributed by atoms with van der Waals surface area (Å²) in [6.07, 6.45) is 10.2. The first kappa shape index (κ1) is 26.7. The number of aryl methyl sites for hydroxylation is 4. The van der Waals surface area contributed by atoms with Crippen LogP contribution in [0.4, 0.5) is 0 Å². The molecule has 0 aliphatic carbocycles. The Hall–Kier alpha value is 0.0590. The van der Waals surface area contributed by atoms with Crippen molar-refractivity contribution < 1.29 is 9.13 Å². The fourth-order valence-electron chi connectivity index (χ4n) is 4.29. The molecule has 3 rings (SSSR count). The standard InChI is InChI=1S/C24H42N4P2Se2/c1-7-11-15-25-19-20(26(16-12-8-2)23(25)31-5)30-22-21(29-19)27(17-13-9-3)24(32-6)28(22)18-14-10-4/h7-18H2,1-6H3/q+2. The third-order valence-corrected chi connectivity index (χ3v) is 12.5. The van der Waals surface area contributed by atoms with Gasteiger partial charge in [-0.05, 0) is 0 Å². The molecule has 32 heavy (non-hydrogen) atoms. The molecule has 3 heterocycles. The quantitative estimate of drug-likeness (QED) is 0.176. The number of aromatic nitrogens is 4. The summed E-state index contributed by atoms with van der Waals surface area (Å²) in [6.45, 7) is 14.1. The Balaban J connectivity index is 2.34. The van der Waals surface area contributed by atoms with Gasteiger partial charge >= 0.3 is 212 Å². The molecule has 0 unspecified atom stereocenters. The Morgan fingerprint density at radius 1 is 0.625 bits per heavy atom. The van der Waals surface area contributed by atoms with Crippen LogP contribution in [0.25, 0.3) is 21.0 Å². The molecule has 0 atom stereocenters. The monoisotopic (exact) mass is 608 g/mol. The summed E-state index contributed by atoms with van der Waals surface area (Å²) in [4.78, 5) is 0. The van der Waals surface area contributed by atoms with Crippen molar-refractivity contribution in [2.24, 2.45) is 0 Å². The molecule has 4 nitrogen and oxygen atoms in total. The number of hydrogen-bond donors (Lipinski definition) is 0. The van der Waals surface area contributed by atoms with E-state index in [0.29, 0.717) is 29.9 Å². The van der Waals surface area contributed by atoms with Crippen molar-refractivity contribution in [2.45, 2.75) is 117 Å². The van der Waals surface area contributed by atoms with Gasteiger partial charge in [-0.15, -0.1) is 0 Å². The Labute approximate surface area is 211 Å². The predicted octanol–water partition coefficient (Wildman–Crippen LogP) is 5.29. The molecule has 0 N–H and O–H groups in total. The number of imidazole rings is 2. The SMILES string of the molecule is CCCCn1c([Se]C)[n+](CCCC)c2pc3c(pc21)n(CCCC)c([Se]C)[n+]3CCCC. The van der Waals surface area contributed by atoms with Crippen molar-refractivity contribution in [2.75, 3.05) is 0 Å². The molecule has 0 saturated carbocycles. The van der Waals surface area contributed by atoms with E-state index in [2.05, 4.69) is 57.6 Å². The molecule has 0 bridgehead atoms. The van der Waals surface area contributed by atoms with E-state index in [9.17, 15) is 0 Å². The number of hydrogen-bond acceptors (Lipinski definition) is 0. The summed E-state index contributed by atoms with van der Waals surface area (Å²) in [5, 5.41) is 6.43. The Bertz CT molecular complexity index is 876. The Morgan fingerprint density at radius 2 is 1.03 bits per heavy atom. The molecule has 0 aliphatic heterocycles. The summed E-state index contributed by atoms with van der Waals surface area (Å²) in [7, 11) is 2.91. The zero-order valence-electron chi connectivity index (χ0n) is 21.0. The Kier molecular flexibility index (Phi) is 11.0. The van der Waals surface area contributed by atoms with Crippen molar-refractivity contribution in [1.29, 1.82) is 0 Å². The van der Waals surface area contributed by atoms with Crippen LogP contribution in [0.15, 0.2) is 0 Å². The van der Waals surface area contributed by atoms with Crippen molar-refractivity contribution in [1.82, 2.24) is 9.13 Å². The fraction of sp³-hybridized carbons (Fsp3) is 0.750. The summed E-state index contributed by atoms with van der Waals surface area (Å²) in [6, 6.07) is 0. The molecule has 0 fully saturated rings. The van der Waals surface area contributed by atoms with Gasteiger partial charge in [0, 0.05) is 0 Å². The van der Waals surface area contributed by atoms with Crippen LogP contribution >= 0.6 is 16.4 Å². The van der Waals surface area contributed by atoms with Gasteiger partial charge in [0.15, 0.2) is 0 Å². The molecular weight excluding hydrogens is 564 g/mol. The fourth-order valence-corrected chi connectivity index (χ4v) is 11.4. The van der Waals surface area contributed by atoms with Crippen molar-refractivity contribution in [3.8, 4) is 0 Å². The van der Waals surface area contributed by atoms with E-state index < -0.39 is 0 Å². The molecule has 0 amide bonds. The average molecular weight is 606 g/mol. The molecule has 0 radical (unpaired) electrons. The van der Waals surface area contributed by atoms with Gasteiger partial charge in [0.05, 0.1) is 0 Å². The van der Waals surface area contributed by atoms with E-state index in [1.165, 1.54) is 93.9 Å². The van der Waals surface area contributed by atoms with Crippen LogP contribution in [-0.2, 0) is 26.2 Å². The van der Waals surface area contributed by atoms with Gasteiger partial charge in [-0.25, -0.2) is 0 Å². The van der Waals surface area contributed by atoms with Crippen molar-refractivity contribution in [3.05, 3.63) is 0 Å². The van der Waals surface area contributed by atoms with Gasteiger partial charge in [0.2, 0.25) is 0 Å². The first-order valence-corrected chi connectivity index (χ1v) is 19.4. The van der Waals surface area contributed by atoms with E-state index in [1.54, 1.807) is 30.4 Å². The van der Waals surface area contributed by atoms with Gasteiger partial charge in [0.25, 0.3) is 0 Å². The predicted molar refractivity (Wildman–Crippen MR) is 145 cm³/mol. The normalized spacial score (nSPS) is 12.4. The van der Waals surface area contributed by atoms with Gasteiger partial charge in [0.1, 0.15) is 0 Å². The molecule has 0 saturated heterocycles. The molecule has 8 heteroatoms. The summed E-state index contributed by atoms with van der Waals surface area (Å²) >= 11 is 1.03. The van der Waals surface area contributed by atoms with Gasteiger partial charge in [-0.3, -0.25) is 0 Å². The van der Waals surface area contributed by atoms with Crippen LogP contribution in [0, 0.1) is 0 Å². The third-order valence-electron chi connectivity index (χ3n) is 6.08. The van der Waals surface area contributed by atoms with Crippen LogP contribution in [0.5, 0.6) is 0 Å². The van der Waals surface area contributed by atoms with Crippen molar-refractivity contribution in [3.63, 3.8) is 0 Å². The van der Waals surface area contributed by atoms with Gasteiger partial charge in [-0.2, -0.15) is 0 Å². The first-order valence-electron chi connectivity index (χ1n) is 12.5. The molecule has 178 valence electrons. The summed E-state index contributed by atoms with van der Waals surface area (Å²) < 4.78 is 14.2. The second kappa shape index (κ2) is 13.2. The maximum atomic E-state index is 2.75. The van der Waals surface area contributed by atoms with Crippen LogP contribution in [-0.4, -0.2) is 39.0 Å². The van der Waals surface area contributed by atoms with Crippen LogP contribution in [0.1, 0.15) is 79.1 Å². The number of unbranched alkanes of at least 4 members (excludes halogenated alkanes) is 4. The molecule has 3 aromatic heterocycles. The zero-order chi connectivity index (χ0) is 23.1. The molecule has 0 spiro atoms. The molecule has 3 aromatic rings. The second-order valence-corrected chi connectivity index (χ2v) is 13.9. The van der Waals surface area contributed by atoms with E-state index in [0.717, 1.165) is 0 Å². The van der Waals surface area contributed by atoms with Crippen LogP contribution in [0.3, 0.4) is 0 Å². The van der Waals surface area contributed by atoms with Crippen molar-refractivity contribution >= 4 is 76.7 Å². The topological polar surface area (TPSA) is 17.6 Å². The summed E-state index contributed by atoms with van der Waals surface area (Å²) in [5.41, 5.74) is 0. The van der Waals surface area contributed by atoms with Gasteiger partial charge in [-0.1, -0.05) is 0 Å². The Morgan fingerprint density at radius 3 is 1.38 bits per heavy atom. The number of nitrogens with zero attached hydrogens (tertiary/aromatic N) is 4. The number of rotatable bonds is 14. The molecule has 0 aliphatic rings. The van der Waals surface area contributed by atoms with E-state index in [4.69, 9.17) is 0 Å². The number of fused-ring (bicyclic) bond motifs is 2.